The van der Waals surface area contributed by atoms with Crippen molar-refractivity contribution < 1.29 is 19.5 Å². The Hall–Kier alpha value is -2.57. The summed E-state index contributed by atoms with van der Waals surface area (Å²) in [6, 6.07) is 10.5. The molecule has 2 aromatic rings. The van der Waals surface area contributed by atoms with E-state index in [2.05, 4.69) is 0 Å². The molecular formula is C19H16Cl2N2O4. The fourth-order valence-corrected chi connectivity index (χ4v) is 3.37. The number of carbonyl (C=O) groups is 3. The van der Waals surface area contributed by atoms with E-state index in [4.69, 9.17) is 28.3 Å². The van der Waals surface area contributed by atoms with Crippen molar-refractivity contribution in [1.29, 1.82) is 0 Å². The zero-order valence-electron chi connectivity index (χ0n) is 14.2. The van der Waals surface area contributed by atoms with E-state index in [0.717, 1.165) is 0 Å². The molecule has 2 amide bonds. The molecule has 1 saturated heterocycles. The van der Waals surface area contributed by atoms with E-state index in [9.17, 15) is 14.4 Å². The van der Waals surface area contributed by atoms with Crippen molar-refractivity contribution in [2.45, 2.75) is 0 Å². The van der Waals surface area contributed by atoms with Crippen LogP contribution in [-0.4, -0.2) is 58.9 Å². The second-order valence-corrected chi connectivity index (χ2v) is 6.93. The van der Waals surface area contributed by atoms with Gasteiger partial charge in [-0.1, -0.05) is 23.2 Å². The largest absolute Gasteiger partial charge is 0.478 e. The fraction of sp³-hybridized carbons (Fsp3) is 0.211. The van der Waals surface area contributed by atoms with Crippen LogP contribution in [0.4, 0.5) is 0 Å². The lowest BCUT2D eigenvalue weighted by atomic mass is 10.1. The average molecular weight is 407 g/mol. The highest BCUT2D eigenvalue weighted by atomic mass is 35.5. The highest BCUT2D eigenvalue weighted by molar-refractivity contribution is 6.36. The molecule has 1 fully saturated rings. The van der Waals surface area contributed by atoms with E-state index >= 15 is 0 Å². The third kappa shape index (κ3) is 4.23. The summed E-state index contributed by atoms with van der Waals surface area (Å²) in [5, 5.41) is 9.68. The Morgan fingerprint density at radius 2 is 1.30 bits per heavy atom. The van der Waals surface area contributed by atoms with Gasteiger partial charge in [0.25, 0.3) is 11.8 Å². The van der Waals surface area contributed by atoms with Crippen molar-refractivity contribution in [3.63, 3.8) is 0 Å². The molecule has 2 aromatic carbocycles. The van der Waals surface area contributed by atoms with Gasteiger partial charge in [-0.2, -0.15) is 0 Å². The average Bonchev–Trinajstić information content (AvgIpc) is 2.67. The van der Waals surface area contributed by atoms with Crippen LogP contribution in [-0.2, 0) is 0 Å². The molecule has 0 aromatic heterocycles. The smallest absolute Gasteiger partial charge is 0.335 e. The van der Waals surface area contributed by atoms with Gasteiger partial charge in [-0.15, -0.1) is 0 Å². The van der Waals surface area contributed by atoms with Gasteiger partial charge >= 0.3 is 5.97 Å². The van der Waals surface area contributed by atoms with E-state index in [0.29, 0.717) is 47.4 Å². The van der Waals surface area contributed by atoms with Crippen molar-refractivity contribution in [3.05, 3.63) is 69.2 Å². The van der Waals surface area contributed by atoms with Gasteiger partial charge in [0.15, 0.2) is 0 Å². The number of hydrogen-bond acceptors (Lipinski definition) is 3. The number of nitrogens with zero attached hydrogens (tertiary/aromatic N) is 2. The Balaban J connectivity index is 1.63. The summed E-state index contributed by atoms with van der Waals surface area (Å²) in [6.45, 7) is 1.54. The van der Waals surface area contributed by atoms with Crippen molar-refractivity contribution in [1.82, 2.24) is 9.80 Å². The third-order valence-corrected chi connectivity index (χ3v) is 4.94. The van der Waals surface area contributed by atoms with Crippen LogP contribution in [0.2, 0.25) is 10.0 Å². The number of carboxylic acid groups (broad SMARTS) is 1. The van der Waals surface area contributed by atoms with Gasteiger partial charge in [-0.3, -0.25) is 9.59 Å². The predicted octanol–water partition coefficient (Wildman–Crippen LogP) is 3.29. The number of piperazine rings is 1. The van der Waals surface area contributed by atoms with Crippen LogP contribution >= 0.6 is 23.2 Å². The molecule has 0 bridgehead atoms. The number of hydrogen-bond donors (Lipinski definition) is 1. The highest BCUT2D eigenvalue weighted by Gasteiger charge is 2.26. The first-order valence-corrected chi connectivity index (χ1v) is 8.99. The second kappa shape index (κ2) is 7.98. The molecule has 0 saturated carbocycles. The van der Waals surface area contributed by atoms with E-state index < -0.39 is 5.97 Å². The monoisotopic (exact) mass is 406 g/mol. The summed E-state index contributed by atoms with van der Waals surface area (Å²) in [4.78, 5) is 39.4. The molecule has 0 spiro atoms. The maximum absolute atomic E-state index is 12.6. The molecule has 8 heteroatoms. The lowest BCUT2D eigenvalue weighted by Gasteiger charge is -2.35. The Bertz CT molecular complexity index is 891. The standard InChI is InChI=1S/C19H16Cl2N2O4/c20-14-5-6-15(16(21)11-14)18(25)23-9-7-22(8-10-23)17(24)12-1-3-13(4-2-12)19(26)27/h1-6,11H,7-10H2,(H,26,27). The SMILES string of the molecule is O=C(O)c1ccc(C(=O)N2CCN(C(=O)c3ccc(Cl)cc3Cl)CC2)cc1. The molecule has 0 aliphatic carbocycles. The Morgan fingerprint density at radius 1 is 0.778 bits per heavy atom. The highest BCUT2D eigenvalue weighted by Crippen LogP contribution is 2.23. The zero-order chi connectivity index (χ0) is 19.6. The van der Waals surface area contributed by atoms with Crippen LogP contribution in [0.25, 0.3) is 0 Å². The van der Waals surface area contributed by atoms with E-state index in [1.807, 2.05) is 0 Å². The molecule has 0 radical (unpaired) electrons. The molecule has 1 N–H and O–H groups in total. The third-order valence-electron chi connectivity index (χ3n) is 4.39. The van der Waals surface area contributed by atoms with Crippen molar-refractivity contribution in [3.8, 4) is 0 Å². The van der Waals surface area contributed by atoms with Gasteiger partial charge in [0.1, 0.15) is 0 Å². The fourth-order valence-electron chi connectivity index (χ4n) is 2.88. The van der Waals surface area contributed by atoms with Crippen molar-refractivity contribution in [2.75, 3.05) is 26.2 Å². The number of amides is 2. The topological polar surface area (TPSA) is 77.9 Å². The van der Waals surface area contributed by atoms with Gasteiger partial charge in [-0.25, -0.2) is 4.79 Å². The van der Waals surface area contributed by atoms with E-state index in [1.165, 1.54) is 30.3 Å². The van der Waals surface area contributed by atoms with Crippen LogP contribution in [0.1, 0.15) is 31.1 Å². The Labute approximate surface area is 165 Å². The minimum Gasteiger partial charge on any atom is -0.478 e. The summed E-state index contributed by atoms with van der Waals surface area (Å²) < 4.78 is 0. The first kappa shape index (κ1) is 19.2. The first-order chi connectivity index (χ1) is 12.9. The number of rotatable bonds is 3. The Morgan fingerprint density at radius 3 is 1.81 bits per heavy atom. The van der Waals surface area contributed by atoms with Gasteiger partial charge in [-0.05, 0) is 42.5 Å². The molecule has 1 aliphatic rings. The van der Waals surface area contributed by atoms with Crippen LogP contribution in [0.3, 0.4) is 0 Å². The summed E-state index contributed by atoms with van der Waals surface area (Å²) in [5.41, 5.74) is 0.924. The number of aromatic carboxylic acids is 1. The molecule has 140 valence electrons. The van der Waals surface area contributed by atoms with E-state index in [1.54, 1.807) is 21.9 Å². The minimum absolute atomic E-state index is 0.127. The first-order valence-electron chi connectivity index (χ1n) is 8.24. The molecule has 3 rings (SSSR count). The lowest BCUT2D eigenvalue weighted by molar-refractivity contribution is 0.0535. The molecule has 27 heavy (non-hydrogen) atoms. The lowest BCUT2D eigenvalue weighted by Crippen LogP contribution is -2.50. The number of carbonyl (C=O) groups excluding carboxylic acids is 2. The minimum atomic E-state index is -1.04. The maximum Gasteiger partial charge on any atom is 0.335 e. The molecule has 1 aliphatic heterocycles. The van der Waals surface area contributed by atoms with Crippen molar-refractivity contribution >= 4 is 41.0 Å². The second-order valence-electron chi connectivity index (χ2n) is 6.09. The summed E-state index contributed by atoms with van der Waals surface area (Å²) in [6.07, 6.45) is 0. The zero-order valence-corrected chi connectivity index (χ0v) is 15.7. The molecule has 0 atom stereocenters. The van der Waals surface area contributed by atoms with Gasteiger partial charge < -0.3 is 14.9 Å². The molecule has 6 nitrogen and oxygen atoms in total. The van der Waals surface area contributed by atoms with E-state index in [-0.39, 0.29) is 17.4 Å². The Kier molecular flexibility index (Phi) is 5.68. The van der Waals surface area contributed by atoms with Crippen molar-refractivity contribution in [2.24, 2.45) is 0 Å². The van der Waals surface area contributed by atoms with Crippen LogP contribution < -0.4 is 0 Å². The van der Waals surface area contributed by atoms with Gasteiger partial charge in [0.2, 0.25) is 0 Å². The van der Waals surface area contributed by atoms with Gasteiger partial charge in [0, 0.05) is 36.8 Å². The van der Waals surface area contributed by atoms with Crippen LogP contribution in [0, 0.1) is 0 Å². The molecule has 0 unspecified atom stereocenters. The summed E-state index contributed by atoms with van der Waals surface area (Å²) >= 11 is 12.0. The summed E-state index contributed by atoms with van der Waals surface area (Å²) in [7, 11) is 0. The quantitative estimate of drug-likeness (QED) is 0.847. The van der Waals surface area contributed by atoms with Crippen LogP contribution in [0.15, 0.2) is 42.5 Å². The molecule has 1 heterocycles. The number of carboxylic acids is 1. The van der Waals surface area contributed by atoms with Crippen LogP contribution in [0.5, 0.6) is 0 Å². The van der Waals surface area contributed by atoms with Gasteiger partial charge in [0.05, 0.1) is 16.1 Å². The normalized spacial score (nSPS) is 14.1. The number of halogens is 2. The number of benzene rings is 2. The molecular weight excluding hydrogens is 391 g/mol. The maximum atomic E-state index is 12.6. The summed E-state index contributed by atoms with van der Waals surface area (Å²) in [5.74, 6) is -1.43. The predicted molar refractivity (Wildman–Crippen MR) is 102 cm³/mol.